The Morgan fingerprint density at radius 3 is 2.58 bits per heavy atom. The van der Waals surface area contributed by atoms with Crippen molar-refractivity contribution in [1.29, 1.82) is 0 Å². The Kier molecular flexibility index (Phi) is 2.88. The molecule has 0 aromatic heterocycles. The lowest BCUT2D eigenvalue weighted by Gasteiger charge is -2.38. The minimum Gasteiger partial charge on any atom is -0.119 e. The molecule has 0 radical (unpaired) electrons. The van der Waals surface area contributed by atoms with E-state index >= 15 is 0 Å². The Bertz CT molecular complexity index is 181. The SMILES string of the molecule is C=C(C)C1CCC(C)(Cl)C(C)C1. The van der Waals surface area contributed by atoms with Gasteiger partial charge in [-0.25, -0.2) is 0 Å². The summed E-state index contributed by atoms with van der Waals surface area (Å²) >= 11 is 6.36. The molecule has 3 unspecified atom stereocenters. The van der Waals surface area contributed by atoms with E-state index in [4.69, 9.17) is 11.6 Å². The van der Waals surface area contributed by atoms with Gasteiger partial charge >= 0.3 is 0 Å². The Labute approximate surface area is 81.0 Å². The van der Waals surface area contributed by atoms with Crippen LogP contribution in [0.4, 0.5) is 0 Å². The van der Waals surface area contributed by atoms with Crippen LogP contribution in [-0.4, -0.2) is 4.87 Å². The van der Waals surface area contributed by atoms with E-state index in [1.54, 1.807) is 0 Å². The maximum absolute atomic E-state index is 6.36. The van der Waals surface area contributed by atoms with Gasteiger partial charge < -0.3 is 0 Å². The molecule has 0 spiro atoms. The summed E-state index contributed by atoms with van der Waals surface area (Å²) < 4.78 is 0. The fourth-order valence-electron chi connectivity index (χ4n) is 1.94. The second-order valence-electron chi connectivity index (χ2n) is 4.50. The van der Waals surface area contributed by atoms with Gasteiger partial charge in [-0.1, -0.05) is 19.1 Å². The summed E-state index contributed by atoms with van der Waals surface area (Å²) in [6.07, 6.45) is 3.57. The highest BCUT2D eigenvalue weighted by molar-refractivity contribution is 6.23. The highest BCUT2D eigenvalue weighted by atomic mass is 35.5. The molecule has 0 bridgehead atoms. The molecule has 0 heterocycles. The first-order valence-electron chi connectivity index (χ1n) is 4.78. The van der Waals surface area contributed by atoms with E-state index in [0.29, 0.717) is 11.8 Å². The van der Waals surface area contributed by atoms with Crippen molar-refractivity contribution in [2.75, 3.05) is 0 Å². The Morgan fingerprint density at radius 2 is 2.17 bits per heavy atom. The molecule has 1 aliphatic rings. The average Bonchev–Trinajstić information content (AvgIpc) is 1.94. The maximum Gasteiger partial charge on any atom is 0.0444 e. The van der Waals surface area contributed by atoms with Gasteiger partial charge in [-0.15, -0.1) is 11.6 Å². The van der Waals surface area contributed by atoms with Crippen molar-refractivity contribution >= 4 is 11.6 Å². The molecule has 0 aromatic rings. The first-order valence-corrected chi connectivity index (χ1v) is 5.15. The molecule has 1 aliphatic carbocycles. The molecular weight excluding hydrogens is 168 g/mol. The topological polar surface area (TPSA) is 0 Å². The van der Waals surface area contributed by atoms with Crippen molar-refractivity contribution in [3.05, 3.63) is 12.2 Å². The van der Waals surface area contributed by atoms with Crippen molar-refractivity contribution in [2.45, 2.75) is 44.9 Å². The van der Waals surface area contributed by atoms with Gasteiger partial charge in [-0.3, -0.25) is 0 Å². The first-order chi connectivity index (χ1) is 5.43. The van der Waals surface area contributed by atoms with Gasteiger partial charge in [0.1, 0.15) is 0 Å². The first kappa shape index (κ1) is 10.1. The number of allylic oxidation sites excluding steroid dienone is 1. The fourth-order valence-corrected chi connectivity index (χ4v) is 2.14. The predicted molar refractivity (Wildman–Crippen MR) is 55.6 cm³/mol. The van der Waals surface area contributed by atoms with E-state index < -0.39 is 0 Å². The summed E-state index contributed by atoms with van der Waals surface area (Å²) in [7, 11) is 0. The molecule has 1 rings (SSSR count). The Balaban J connectivity index is 2.58. The Hall–Kier alpha value is 0.0300. The van der Waals surface area contributed by atoms with Gasteiger partial charge in [0.2, 0.25) is 0 Å². The van der Waals surface area contributed by atoms with E-state index in [-0.39, 0.29) is 4.87 Å². The molecule has 1 heteroatoms. The van der Waals surface area contributed by atoms with Crippen LogP contribution in [0.3, 0.4) is 0 Å². The molecule has 0 aromatic carbocycles. The summed E-state index contributed by atoms with van der Waals surface area (Å²) in [5.41, 5.74) is 1.33. The third-order valence-electron chi connectivity index (χ3n) is 3.34. The monoisotopic (exact) mass is 186 g/mol. The standard InChI is InChI=1S/C11H19Cl/c1-8(2)10-5-6-11(4,12)9(3)7-10/h9-10H,1,5-7H2,2-4H3. The third-order valence-corrected chi connectivity index (χ3v) is 3.91. The van der Waals surface area contributed by atoms with Crippen molar-refractivity contribution in [1.82, 2.24) is 0 Å². The van der Waals surface area contributed by atoms with Crippen LogP contribution in [0.5, 0.6) is 0 Å². The Morgan fingerprint density at radius 1 is 1.58 bits per heavy atom. The molecule has 3 atom stereocenters. The summed E-state index contributed by atoms with van der Waals surface area (Å²) in [6, 6.07) is 0. The molecule has 0 amide bonds. The van der Waals surface area contributed by atoms with Crippen molar-refractivity contribution in [3.63, 3.8) is 0 Å². The maximum atomic E-state index is 6.36. The van der Waals surface area contributed by atoms with Gasteiger partial charge in [-0.2, -0.15) is 0 Å². The van der Waals surface area contributed by atoms with E-state index in [9.17, 15) is 0 Å². The van der Waals surface area contributed by atoms with E-state index in [0.717, 1.165) is 6.42 Å². The number of hydrogen-bond acceptors (Lipinski definition) is 0. The molecule has 1 fully saturated rings. The lowest BCUT2D eigenvalue weighted by atomic mass is 9.73. The van der Waals surface area contributed by atoms with Gasteiger partial charge in [0.05, 0.1) is 0 Å². The summed E-state index contributed by atoms with van der Waals surface area (Å²) in [5.74, 6) is 1.33. The normalized spacial score (nSPS) is 42.7. The smallest absolute Gasteiger partial charge is 0.0444 e. The summed E-state index contributed by atoms with van der Waals surface area (Å²) in [5, 5.41) is 0. The number of halogens is 1. The van der Waals surface area contributed by atoms with Gasteiger partial charge in [0, 0.05) is 4.87 Å². The van der Waals surface area contributed by atoms with Crippen molar-refractivity contribution in [3.8, 4) is 0 Å². The van der Waals surface area contributed by atoms with Gasteiger partial charge in [-0.05, 0) is 44.9 Å². The minimum atomic E-state index is 0.0337. The summed E-state index contributed by atoms with van der Waals surface area (Å²) in [4.78, 5) is 0.0337. The zero-order valence-corrected chi connectivity index (χ0v) is 9.12. The van der Waals surface area contributed by atoms with Crippen LogP contribution in [0.2, 0.25) is 0 Å². The van der Waals surface area contributed by atoms with Crippen LogP contribution in [0, 0.1) is 11.8 Å². The van der Waals surface area contributed by atoms with E-state index in [2.05, 4.69) is 27.4 Å². The number of hydrogen-bond donors (Lipinski definition) is 0. The number of rotatable bonds is 1. The second-order valence-corrected chi connectivity index (χ2v) is 5.36. The zero-order valence-electron chi connectivity index (χ0n) is 8.36. The van der Waals surface area contributed by atoms with E-state index in [1.807, 2.05) is 0 Å². The van der Waals surface area contributed by atoms with Crippen LogP contribution >= 0.6 is 11.6 Å². The third kappa shape index (κ3) is 2.04. The minimum absolute atomic E-state index is 0.0337. The van der Waals surface area contributed by atoms with Crippen LogP contribution in [0.25, 0.3) is 0 Å². The molecule has 0 aliphatic heterocycles. The van der Waals surface area contributed by atoms with Crippen molar-refractivity contribution in [2.24, 2.45) is 11.8 Å². The van der Waals surface area contributed by atoms with E-state index in [1.165, 1.54) is 18.4 Å². The highest BCUT2D eigenvalue weighted by Crippen LogP contribution is 2.42. The van der Waals surface area contributed by atoms with Crippen molar-refractivity contribution < 1.29 is 0 Å². The fraction of sp³-hybridized carbons (Fsp3) is 0.818. The highest BCUT2D eigenvalue weighted by Gasteiger charge is 2.35. The van der Waals surface area contributed by atoms with Gasteiger partial charge in [0.25, 0.3) is 0 Å². The van der Waals surface area contributed by atoms with Crippen LogP contribution in [-0.2, 0) is 0 Å². The lowest BCUT2D eigenvalue weighted by molar-refractivity contribution is 0.253. The average molecular weight is 187 g/mol. The largest absolute Gasteiger partial charge is 0.119 e. The van der Waals surface area contributed by atoms with Crippen LogP contribution in [0.1, 0.15) is 40.0 Å². The number of alkyl halides is 1. The molecule has 0 nitrogen and oxygen atoms in total. The van der Waals surface area contributed by atoms with Gasteiger partial charge in [0.15, 0.2) is 0 Å². The molecule has 0 N–H and O–H groups in total. The lowest BCUT2D eigenvalue weighted by Crippen LogP contribution is -2.33. The molecule has 0 saturated heterocycles. The zero-order chi connectivity index (χ0) is 9.35. The predicted octanol–water partition coefficient (Wildman–Crippen LogP) is 4.00. The molecular formula is C11H19Cl. The molecule has 1 saturated carbocycles. The van der Waals surface area contributed by atoms with Crippen LogP contribution < -0.4 is 0 Å². The molecule has 12 heavy (non-hydrogen) atoms. The quantitative estimate of drug-likeness (QED) is 0.429. The summed E-state index contributed by atoms with van der Waals surface area (Å²) in [6.45, 7) is 10.6. The molecule has 70 valence electrons. The second kappa shape index (κ2) is 3.41. The van der Waals surface area contributed by atoms with Crippen LogP contribution in [0.15, 0.2) is 12.2 Å².